The summed E-state index contributed by atoms with van der Waals surface area (Å²) in [6.07, 6.45) is 3.71. The topological polar surface area (TPSA) is 115 Å². The van der Waals surface area contributed by atoms with Gasteiger partial charge in [-0.3, -0.25) is 9.78 Å². The van der Waals surface area contributed by atoms with E-state index in [1.807, 2.05) is 0 Å². The first-order chi connectivity index (χ1) is 11.0. The molecule has 0 spiro atoms. The minimum Gasteiger partial charge on any atom is -0.411 e. The molecule has 23 heavy (non-hydrogen) atoms. The molecular formula is C13H14N4O4S2. The fourth-order valence-electron chi connectivity index (χ4n) is 2.18. The van der Waals surface area contributed by atoms with Gasteiger partial charge >= 0.3 is 0 Å². The third-order valence-electron chi connectivity index (χ3n) is 3.24. The second kappa shape index (κ2) is 6.67. The van der Waals surface area contributed by atoms with Crippen molar-refractivity contribution in [1.29, 1.82) is 0 Å². The van der Waals surface area contributed by atoms with Gasteiger partial charge < -0.3 is 9.73 Å². The van der Waals surface area contributed by atoms with Gasteiger partial charge in [0.2, 0.25) is 11.8 Å². The average molecular weight is 354 g/mol. The quantitative estimate of drug-likeness (QED) is 0.773. The molecule has 1 amide bonds. The van der Waals surface area contributed by atoms with Crippen LogP contribution in [0.5, 0.6) is 0 Å². The van der Waals surface area contributed by atoms with Gasteiger partial charge in [-0.25, -0.2) is 8.42 Å². The third-order valence-corrected chi connectivity index (χ3v) is 5.83. The van der Waals surface area contributed by atoms with Gasteiger partial charge in [0.15, 0.2) is 9.84 Å². The Labute approximate surface area is 137 Å². The number of rotatable bonds is 5. The molecule has 0 radical (unpaired) electrons. The van der Waals surface area contributed by atoms with Crippen molar-refractivity contribution in [2.75, 3.05) is 17.3 Å². The summed E-state index contributed by atoms with van der Waals surface area (Å²) in [6.45, 7) is 0. The molecular weight excluding hydrogens is 340 g/mol. The summed E-state index contributed by atoms with van der Waals surface area (Å²) in [5, 5.41) is 10.7. The summed E-state index contributed by atoms with van der Waals surface area (Å²) in [6, 6.07) is 3.25. The number of carbonyl (C=O) groups excluding carboxylic acids is 1. The van der Waals surface area contributed by atoms with Crippen molar-refractivity contribution in [2.45, 2.75) is 17.7 Å². The molecule has 8 nitrogen and oxygen atoms in total. The first-order valence-electron chi connectivity index (χ1n) is 6.88. The molecule has 0 unspecified atom stereocenters. The van der Waals surface area contributed by atoms with Crippen molar-refractivity contribution in [3.8, 4) is 11.5 Å². The first kappa shape index (κ1) is 15.9. The van der Waals surface area contributed by atoms with E-state index in [9.17, 15) is 13.2 Å². The van der Waals surface area contributed by atoms with E-state index in [4.69, 9.17) is 4.42 Å². The Bertz CT molecular complexity index is 791. The van der Waals surface area contributed by atoms with Gasteiger partial charge in [-0.1, -0.05) is 11.8 Å². The van der Waals surface area contributed by atoms with E-state index in [0.717, 1.165) is 11.8 Å². The van der Waals surface area contributed by atoms with Gasteiger partial charge in [-0.05, 0) is 18.6 Å². The van der Waals surface area contributed by atoms with E-state index in [2.05, 4.69) is 20.5 Å². The number of nitrogens with one attached hydrogen (secondary N) is 1. The number of amides is 1. The van der Waals surface area contributed by atoms with E-state index in [0.29, 0.717) is 17.9 Å². The molecule has 122 valence electrons. The summed E-state index contributed by atoms with van der Waals surface area (Å²) in [7, 11) is -3.00. The molecule has 1 atom stereocenters. The van der Waals surface area contributed by atoms with Gasteiger partial charge in [0.25, 0.3) is 5.22 Å². The molecule has 0 aliphatic carbocycles. The second-order valence-electron chi connectivity index (χ2n) is 5.07. The lowest BCUT2D eigenvalue weighted by Gasteiger charge is -2.09. The van der Waals surface area contributed by atoms with Crippen molar-refractivity contribution in [3.63, 3.8) is 0 Å². The lowest BCUT2D eigenvalue weighted by Crippen LogP contribution is -2.36. The number of carbonyl (C=O) groups is 1. The predicted molar refractivity (Wildman–Crippen MR) is 83.5 cm³/mol. The molecule has 2 aromatic rings. The van der Waals surface area contributed by atoms with Crippen LogP contribution in [0.2, 0.25) is 0 Å². The predicted octanol–water partition coefficient (Wildman–Crippen LogP) is 0.527. The molecule has 0 aromatic carbocycles. The first-order valence-corrected chi connectivity index (χ1v) is 9.69. The second-order valence-corrected chi connectivity index (χ2v) is 8.23. The van der Waals surface area contributed by atoms with Crippen molar-refractivity contribution in [1.82, 2.24) is 20.5 Å². The number of aromatic nitrogens is 3. The van der Waals surface area contributed by atoms with Crippen molar-refractivity contribution in [3.05, 3.63) is 24.5 Å². The molecule has 1 fully saturated rings. The zero-order valence-corrected chi connectivity index (χ0v) is 13.6. The number of pyridine rings is 1. The van der Waals surface area contributed by atoms with Crippen molar-refractivity contribution in [2.24, 2.45) is 0 Å². The molecule has 2 aromatic heterocycles. The molecule has 10 heteroatoms. The van der Waals surface area contributed by atoms with E-state index < -0.39 is 9.84 Å². The molecule has 1 N–H and O–H groups in total. The minimum atomic E-state index is -3.00. The van der Waals surface area contributed by atoms with E-state index in [-0.39, 0.29) is 34.4 Å². The Morgan fingerprint density at radius 1 is 1.43 bits per heavy atom. The summed E-state index contributed by atoms with van der Waals surface area (Å²) in [5.41, 5.74) is 0.701. The number of hydrogen-bond donors (Lipinski definition) is 1. The zero-order chi connectivity index (χ0) is 16.3. The van der Waals surface area contributed by atoms with Crippen molar-refractivity contribution >= 4 is 27.5 Å². The fourth-order valence-corrected chi connectivity index (χ4v) is 4.43. The lowest BCUT2D eigenvalue weighted by atomic mass is 10.3. The standard InChI is InChI=1S/C13H14N4O4S2/c18-11(15-10-3-5-23(19,20)8-10)7-22-13-17-16-12(21-13)9-2-1-4-14-6-9/h1-2,4,6,10H,3,5,7-8H2,(H,15,18)/t10-/m0/s1. The normalized spacial score (nSPS) is 19.6. The highest BCUT2D eigenvalue weighted by atomic mass is 32.2. The van der Waals surface area contributed by atoms with Gasteiger partial charge in [-0.15, -0.1) is 10.2 Å². The zero-order valence-electron chi connectivity index (χ0n) is 12.0. The summed E-state index contributed by atoms with van der Waals surface area (Å²) >= 11 is 1.11. The number of nitrogens with zero attached hydrogens (tertiary/aromatic N) is 3. The Morgan fingerprint density at radius 3 is 3.00 bits per heavy atom. The highest BCUT2D eigenvalue weighted by Gasteiger charge is 2.28. The van der Waals surface area contributed by atoms with Gasteiger partial charge in [-0.2, -0.15) is 0 Å². The van der Waals surface area contributed by atoms with Gasteiger partial charge in [0.1, 0.15) is 0 Å². The molecule has 3 rings (SSSR count). The molecule has 0 bridgehead atoms. The molecule has 1 aliphatic rings. The maximum atomic E-state index is 11.8. The Kier molecular flexibility index (Phi) is 4.62. The van der Waals surface area contributed by atoms with Crippen LogP contribution < -0.4 is 5.32 Å². The third kappa shape index (κ3) is 4.29. The average Bonchev–Trinajstić information content (AvgIpc) is 3.13. The Hall–Kier alpha value is -1.94. The van der Waals surface area contributed by atoms with Gasteiger partial charge in [0, 0.05) is 18.4 Å². The molecule has 1 aliphatic heterocycles. The van der Waals surface area contributed by atoms with Crippen LogP contribution in [-0.2, 0) is 14.6 Å². The van der Waals surface area contributed by atoms with Crippen LogP contribution in [0.3, 0.4) is 0 Å². The Balaban J connectivity index is 1.51. The monoisotopic (exact) mass is 354 g/mol. The maximum absolute atomic E-state index is 11.8. The number of hydrogen-bond acceptors (Lipinski definition) is 8. The lowest BCUT2D eigenvalue weighted by molar-refractivity contribution is -0.119. The summed E-state index contributed by atoms with van der Waals surface area (Å²) in [4.78, 5) is 15.8. The summed E-state index contributed by atoms with van der Waals surface area (Å²) < 4.78 is 28.1. The number of thioether (sulfide) groups is 1. The van der Waals surface area contributed by atoms with Crippen LogP contribution in [0.1, 0.15) is 6.42 Å². The highest BCUT2D eigenvalue weighted by Crippen LogP contribution is 2.22. The SMILES string of the molecule is O=C(CSc1nnc(-c2cccnc2)o1)N[C@H]1CCS(=O)(=O)C1. The molecule has 0 saturated carbocycles. The van der Waals surface area contributed by atoms with Crippen LogP contribution in [0.25, 0.3) is 11.5 Å². The minimum absolute atomic E-state index is 0.00905. The Morgan fingerprint density at radius 2 is 2.30 bits per heavy atom. The van der Waals surface area contributed by atoms with Crippen LogP contribution >= 0.6 is 11.8 Å². The largest absolute Gasteiger partial charge is 0.411 e. The van der Waals surface area contributed by atoms with Crippen LogP contribution in [0, 0.1) is 0 Å². The van der Waals surface area contributed by atoms with E-state index >= 15 is 0 Å². The smallest absolute Gasteiger partial charge is 0.277 e. The molecule has 1 saturated heterocycles. The van der Waals surface area contributed by atoms with Crippen LogP contribution in [0.15, 0.2) is 34.2 Å². The van der Waals surface area contributed by atoms with Crippen LogP contribution in [-0.4, -0.2) is 52.8 Å². The summed E-state index contributed by atoms with van der Waals surface area (Å²) in [5.74, 6) is 0.310. The van der Waals surface area contributed by atoms with Crippen LogP contribution in [0.4, 0.5) is 0 Å². The molecule has 3 heterocycles. The van der Waals surface area contributed by atoms with E-state index in [1.165, 1.54) is 0 Å². The number of sulfone groups is 1. The fraction of sp³-hybridized carbons (Fsp3) is 0.385. The van der Waals surface area contributed by atoms with E-state index in [1.54, 1.807) is 24.5 Å². The van der Waals surface area contributed by atoms with Crippen molar-refractivity contribution < 1.29 is 17.6 Å². The maximum Gasteiger partial charge on any atom is 0.277 e. The van der Waals surface area contributed by atoms with Gasteiger partial charge in [0.05, 0.1) is 22.8 Å². The highest BCUT2D eigenvalue weighted by molar-refractivity contribution is 7.99.